The zero-order valence-electron chi connectivity index (χ0n) is 16.3. The second-order valence-electron chi connectivity index (χ2n) is 7.29. The molecular formula is C18H24N4O5S2. The predicted octanol–water partition coefficient (Wildman–Crippen LogP) is 0.366. The molecule has 158 valence electrons. The van der Waals surface area contributed by atoms with Crippen LogP contribution in [0.3, 0.4) is 0 Å². The van der Waals surface area contributed by atoms with Crippen molar-refractivity contribution in [1.82, 2.24) is 15.1 Å². The van der Waals surface area contributed by atoms with E-state index in [1.165, 1.54) is 12.1 Å². The molecule has 0 saturated carbocycles. The summed E-state index contributed by atoms with van der Waals surface area (Å²) in [5, 5.41) is 12.3. The Labute approximate surface area is 170 Å². The number of aromatic nitrogens is 2. The minimum absolute atomic E-state index is 0.0140. The van der Waals surface area contributed by atoms with Gasteiger partial charge in [-0.05, 0) is 38.0 Å². The van der Waals surface area contributed by atoms with Gasteiger partial charge in [-0.15, -0.1) is 0 Å². The van der Waals surface area contributed by atoms with Crippen LogP contribution in [0, 0.1) is 13.8 Å². The third-order valence-electron chi connectivity index (χ3n) is 5.11. The van der Waals surface area contributed by atoms with E-state index in [1.807, 2.05) is 13.8 Å². The van der Waals surface area contributed by atoms with Crippen molar-refractivity contribution in [2.75, 3.05) is 11.5 Å². The Morgan fingerprint density at radius 1 is 1.28 bits per heavy atom. The first-order valence-electron chi connectivity index (χ1n) is 9.10. The molecule has 1 unspecified atom stereocenters. The second-order valence-corrected chi connectivity index (χ2v) is 11.1. The lowest BCUT2D eigenvalue weighted by Gasteiger charge is -2.11. The molecule has 0 bridgehead atoms. The van der Waals surface area contributed by atoms with Gasteiger partial charge in [0.2, 0.25) is 15.9 Å². The van der Waals surface area contributed by atoms with Crippen molar-refractivity contribution in [3.63, 3.8) is 0 Å². The van der Waals surface area contributed by atoms with Crippen LogP contribution in [0.2, 0.25) is 0 Å². The minimum Gasteiger partial charge on any atom is -0.352 e. The minimum atomic E-state index is -3.75. The molecule has 0 radical (unpaired) electrons. The Hall–Kier alpha value is -2.24. The molecule has 3 rings (SSSR count). The van der Waals surface area contributed by atoms with Crippen LogP contribution in [0.1, 0.15) is 35.0 Å². The van der Waals surface area contributed by atoms with E-state index in [9.17, 15) is 21.6 Å². The standard InChI is InChI=1S/C18H24N4O5S2/c1-12-17(13(2)22(21-12)15-7-8-28(24,25)11-15)9-18(23)20-10-14-3-5-16(6-4-14)29(19,26)27/h3-6,15H,7-11H2,1-2H3,(H,20,23)(H2,19,26,27). The summed E-state index contributed by atoms with van der Waals surface area (Å²) in [4.78, 5) is 12.4. The van der Waals surface area contributed by atoms with Crippen LogP contribution in [-0.2, 0) is 37.6 Å². The number of aryl methyl sites for hydroxylation is 1. The summed E-state index contributed by atoms with van der Waals surface area (Å²) in [5.74, 6) is 0.0379. The molecule has 1 atom stereocenters. The van der Waals surface area contributed by atoms with Gasteiger partial charge in [-0.1, -0.05) is 12.1 Å². The van der Waals surface area contributed by atoms with Crippen LogP contribution >= 0.6 is 0 Å². The summed E-state index contributed by atoms with van der Waals surface area (Å²) in [6.07, 6.45) is 0.664. The van der Waals surface area contributed by atoms with Crippen LogP contribution in [0.4, 0.5) is 0 Å². The third-order valence-corrected chi connectivity index (χ3v) is 7.79. The Morgan fingerprint density at radius 3 is 2.48 bits per heavy atom. The Kier molecular flexibility index (Phi) is 5.84. The zero-order chi connectivity index (χ0) is 21.4. The molecule has 1 amide bonds. The van der Waals surface area contributed by atoms with Gasteiger partial charge in [0, 0.05) is 17.8 Å². The lowest BCUT2D eigenvalue weighted by molar-refractivity contribution is -0.120. The fraction of sp³-hybridized carbons (Fsp3) is 0.444. The fourth-order valence-electron chi connectivity index (χ4n) is 3.50. The normalized spacial score (nSPS) is 18.7. The van der Waals surface area contributed by atoms with Crippen molar-refractivity contribution < 1.29 is 21.6 Å². The average Bonchev–Trinajstić information content (AvgIpc) is 3.13. The summed E-state index contributed by atoms with van der Waals surface area (Å²) in [5.41, 5.74) is 3.04. The lowest BCUT2D eigenvalue weighted by atomic mass is 10.1. The number of primary sulfonamides is 1. The highest BCUT2D eigenvalue weighted by molar-refractivity contribution is 7.91. The van der Waals surface area contributed by atoms with Crippen LogP contribution in [0.15, 0.2) is 29.2 Å². The predicted molar refractivity (Wildman–Crippen MR) is 107 cm³/mol. The molecule has 3 N–H and O–H groups in total. The van der Waals surface area contributed by atoms with Gasteiger partial charge in [-0.2, -0.15) is 5.10 Å². The molecular weight excluding hydrogens is 416 g/mol. The summed E-state index contributed by atoms with van der Waals surface area (Å²) in [7, 11) is -6.77. The van der Waals surface area contributed by atoms with Crippen molar-refractivity contribution in [3.8, 4) is 0 Å². The van der Waals surface area contributed by atoms with Crippen molar-refractivity contribution in [2.24, 2.45) is 5.14 Å². The molecule has 1 aliphatic heterocycles. The van der Waals surface area contributed by atoms with Gasteiger partial charge >= 0.3 is 0 Å². The van der Waals surface area contributed by atoms with Crippen molar-refractivity contribution in [3.05, 3.63) is 46.8 Å². The number of amides is 1. The first kappa shape index (κ1) is 21.5. The van der Waals surface area contributed by atoms with E-state index in [0.717, 1.165) is 16.8 Å². The molecule has 1 saturated heterocycles. The SMILES string of the molecule is Cc1nn(C2CCS(=O)(=O)C2)c(C)c1CC(=O)NCc1ccc(S(N)(=O)=O)cc1. The quantitative estimate of drug-likeness (QED) is 0.665. The maximum atomic E-state index is 12.4. The number of nitrogens with zero attached hydrogens (tertiary/aromatic N) is 2. The number of nitrogens with two attached hydrogens (primary N) is 1. The van der Waals surface area contributed by atoms with Crippen LogP contribution in [-0.4, -0.2) is 44.0 Å². The van der Waals surface area contributed by atoms with Gasteiger partial charge in [-0.3, -0.25) is 9.48 Å². The largest absolute Gasteiger partial charge is 0.352 e. The summed E-state index contributed by atoms with van der Waals surface area (Å²) >= 11 is 0. The van der Waals surface area contributed by atoms with Gasteiger partial charge in [0.25, 0.3) is 0 Å². The highest BCUT2D eigenvalue weighted by Gasteiger charge is 2.31. The Bertz CT molecular complexity index is 1140. The molecule has 1 aromatic carbocycles. The van der Waals surface area contributed by atoms with Crippen molar-refractivity contribution in [1.29, 1.82) is 0 Å². The fourth-order valence-corrected chi connectivity index (χ4v) is 5.70. The first-order chi connectivity index (χ1) is 13.5. The van der Waals surface area contributed by atoms with E-state index in [2.05, 4.69) is 10.4 Å². The first-order valence-corrected chi connectivity index (χ1v) is 12.5. The highest BCUT2D eigenvalue weighted by atomic mass is 32.2. The number of sulfone groups is 1. The van der Waals surface area contributed by atoms with Gasteiger partial charge < -0.3 is 5.32 Å². The molecule has 1 aliphatic rings. The summed E-state index contributed by atoms with van der Waals surface area (Å²) in [6, 6.07) is 5.78. The Balaban J connectivity index is 1.64. The van der Waals surface area contributed by atoms with E-state index >= 15 is 0 Å². The van der Waals surface area contributed by atoms with Crippen LogP contribution < -0.4 is 10.5 Å². The number of carbonyl (C=O) groups excluding carboxylic acids is 1. The number of carbonyl (C=O) groups is 1. The van der Waals surface area contributed by atoms with E-state index in [0.29, 0.717) is 12.1 Å². The molecule has 1 aromatic heterocycles. The van der Waals surface area contributed by atoms with Crippen LogP contribution in [0.5, 0.6) is 0 Å². The number of hydrogen-bond donors (Lipinski definition) is 2. The number of hydrogen-bond acceptors (Lipinski definition) is 6. The molecule has 2 aromatic rings. The molecule has 29 heavy (non-hydrogen) atoms. The number of benzene rings is 1. The number of sulfonamides is 1. The monoisotopic (exact) mass is 440 g/mol. The van der Waals surface area contributed by atoms with Crippen molar-refractivity contribution in [2.45, 2.75) is 44.2 Å². The van der Waals surface area contributed by atoms with Crippen LogP contribution in [0.25, 0.3) is 0 Å². The molecule has 1 fully saturated rings. The number of nitrogens with one attached hydrogen (secondary N) is 1. The van der Waals surface area contributed by atoms with E-state index in [1.54, 1.807) is 16.8 Å². The van der Waals surface area contributed by atoms with E-state index in [-0.39, 0.29) is 41.3 Å². The lowest BCUT2D eigenvalue weighted by Crippen LogP contribution is -2.25. The molecule has 9 nitrogen and oxygen atoms in total. The maximum absolute atomic E-state index is 12.4. The smallest absolute Gasteiger partial charge is 0.238 e. The Morgan fingerprint density at radius 2 is 1.93 bits per heavy atom. The van der Waals surface area contributed by atoms with Gasteiger partial charge in [0.15, 0.2) is 9.84 Å². The third kappa shape index (κ3) is 5.03. The highest BCUT2D eigenvalue weighted by Crippen LogP contribution is 2.27. The topological polar surface area (TPSA) is 141 Å². The molecule has 11 heteroatoms. The van der Waals surface area contributed by atoms with Gasteiger partial charge in [-0.25, -0.2) is 22.0 Å². The summed E-state index contributed by atoms with van der Waals surface area (Å²) in [6.45, 7) is 3.90. The molecule has 2 heterocycles. The zero-order valence-corrected chi connectivity index (χ0v) is 17.9. The average molecular weight is 441 g/mol. The van der Waals surface area contributed by atoms with E-state index in [4.69, 9.17) is 5.14 Å². The van der Waals surface area contributed by atoms with Gasteiger partial charge in [0.05, 0.1) is 34.6 Å². The second kappa shape index (κ2) is 7.88. The van der Waals surface area contributed by atoms with E-state index < -0.39 is 19.9 Å². The number of rotatable bonds is 6. The summed E-state index contributed by atoms with van der Waals surface area (Å²) < 4.78 is 47.8. The van der Waals surface area contributed by atoms with Crippen molar-refractivity contribution >= 4 is 25.8 Å². The maximum Gasteiger partial charge on any atom is 0.238 e. The molecule has 0 spiro atoms. The molecule has 0 aliphatic carbocycles. The van der Waals surface area contributed by atoms with Gasteiger partial charge in [0.1, 0.15) is 0 Å².